The second-order valence-corrected chi connectivity index (χ2v) is 4.56. The van der Waals surface area contributed by atoms with Gasteiger partial charge < -0.3 is 0 Å². The van der Waals surface area contributed by atoms with E-state index in [0.29, 0.717) is 0 Å². The van der Waals surface area contributed by atoms with Gasteiger partial charge in [-0.25, -0.2) is 0 Å². The summed E-state index contributed by atoms with van der Waals surface area (Å²) >= 11 is 6.18. The number of aryl methyl sites for hydroxylation is 1. The highest BCUT2D eigenvalue weighted by molar-refractivity contribution is 6.32. The smallest absolute Gasteiger partial charge is 0.0472 e. The zero-order chi connectivity index (χ0) is 9.35. The van der Waals surface area contributed by atoms with Gasteiger partial charge in [-0.2, -0.15) is 0 Å². The van der Waals surface area contributed by atoms with Gasteiger partial charge in [-0.05, 0) is 23.5 Å². The lowest BCUT2D eigenvalue weighted by atomic mass is 9.86. The Balaban J connectivity index is 3.26. The highest BCUT2D eigenvalue weighted by atomic mass is 35.5. The Kier molecular flexibility index (Phi) is 2.48. The fourth-order valence-corrected chi connectivity index (χ4v) is 1.64. The van der Waals surface area contributed by atoms with Crippen LogP contribution in [0.3, 0.4) is 0 Å². The average Bonchev–Trinajstić information content (AvgIpc) is 1.92. The molecule has 0 atom stereocenters. The number of hydrogen-bond acceptors (Lipinski definition) is 0. The fourth-order valence-electron chi connectivity index (χ4n) is 1.23. The van der Waals surface area contributed by atoms with Crippen molar-refractivity contribution < 1.29 is 0 Å². The molecular formula is C11H15Cl. The van der Waals surface area contributed by atoms with Crippen molar-refractivity contribution in [1.29, 1.82) is 0 Å². The molecule has 0 saturated heterocycles. The first kappa shape index (κ1) is 9.60. The monoisotopic (exact) mass is 182 g/mol. The van der Waals surface area contributed by atoms with Gasteiger partial charge in [0.2, 0.25) is 0 Å². The minimum atomic E-state index is 0.142. The Morgan fingerprint density at radius 3 is 2.17 bits per heavy atom. The van der Waals surface area contributed by atoms with Gasteiger partial charge in [-0.15, -0.1) is 0 Å². The normalized spacial score (nSPS) is 11.8. The molecule has 0 saturated carbocycles. The molecular weight excluding hydrogens is 168 g/mol. The highest BCUT2D eigenvalue weighted by Crippen LogP contribution is 2.30. The van der Waals surface area contributed by atoms with Gasteiger partial charge in [0, 0.05) is 5.02 Å². The Morgan fingerprint density at radius 2 is 1.75 bits per heavy atom. The molecule has 0 aliphatic heterocycles. The van der Waals surface area contributed by atoms with E-state index in [4.69, 9.17) is 11.6 Å². The largest absolute Gasteiger partial charge is 0.0837 e. The Hall–Kier alpha value is -0.490. The summed E-state index contributed by atoms with van der Waals surface area (Å²) < 4.78 is 0. The second-order valence-electron chi connectivity index (χ2n) is 4.19. The standard InChI is InChI=1S/C11H15Cl/c1-8-6-5-7-9(10(8)12)11(2,3)4/h5-7H,1-4H3. The van der Waals surface area contributed by atoms with Crippen LogP contribution >= 0.6 is 11.6 Å². The van der Waals surface area contributed by atoms with Crippen molar-refractivity contribution in [3.8, 4) is 0 Å². The Bertz CT molecular complexity index is 282. The van der Waals surface area contributed by atoms with E-state index in [9.17, 15) is 0 Å². The molecule has 0 unspecified atom stereocenters. The lowest BCUT2D eigenvalue weighted by molar-refractivity contribution is 0.590. The van der Waals surface area contributed by atoms with E-state index < -0.39 is 0 Å². The molecule has 0 aliphatic carbocycles. The van der Waals surface area contributed by atoms with Crippen LogP contribution in [0.25, 0.3) is 0 Å². The first-order valence-electron chi connectivity index (χ1n) is 4.18. The summed E-state index contributed by atoms with van der Waals surface area (Å²) in [7, 11) is 0. The number of benzene rings is 1. The van der Waals surface area contributed by atoms with Crippen LogP contribution in [-0.2, 0) is 5.41 Å². The molecule has 12 heavy (non-hydrogen) atoms. The second kappa shape index (κ2) is 3.10. The van der Waals surface area contributed by atoms with Gasteiger partial charge in [0.15, 0.2) is 0 Å². The quantitative estimate of drug-likeness (QED) is 0.570. The summed E-state index contributed by atoms with van der Waals surface area (Å²) in [6, 6.07) is 6.19. The third kappa shape index (κ3) is 1.81. The number of halogens is 1. The first-order valence-corrected chi connectivity index (χ1v) is 4.56. The Morgan fingerprint density at radius 1 is 1.17 bits per heavy atom. The van der Waals surface area contributed by atoms with Crippen LogP contribution in [0.5, 0.6) is 0 Å². The SMILES string of the molecule is Cc1cccc(C(C)(C)C)c1Cl. The Labute approximate surface area is 79.6 Å². The fraction of sp³-hybridized carbons (Fsp3) is 0.455. The zero-order valence-electron chi connectivity index (χ0n) is 8.11. The molecule has 0 spiro atoms. The molecule has 0 bridgehead atoms. The zero-order valence-corrected chi connectivity index (χ0v) is 8.87. The van der Waals surface area contributed by atoms with Gasteiger partial charge in [0.25, 0.3) is 0 Å². The lowest BCUT2D eigenvalue weighted by Gasteiger charge is -2.21. The summed E-state index contributed by atoms with van der Waals surface area (Å²) in [5, 5.41) is 0.907. The minimum absolute atomic E-state index is 0.142. The third-order valence-electron chi connectivity index (χ3n) is 2.00. The van der Waals surface area contributed by atoms with Crippen molar-refractivity contribution >= 4 is 11.6 Å². The van der Waals surface area contributed by atoms with E-state index in [1.54, 1.807) is 0 Å². The third-order valence-corrected chi connectivity index (χ3v) is 2.50. The van der Waals surface area contributed by atoms with Gasteiger partial charge in [-0.3, -0.25) is 0 Å². The average molecular weight is 183 g/mol. The van der Waals surface area contributed by atoms with Crippen LogP contribution in [0, 0.1) is 6.92 Å². The summed E-state index contributed by atoms with van der Waals surface area (Å²) in [6.07, 6.45) is 0. The predicted molar refractivity (Wildman–Crippen MR) is 54.9 cm³/mol. The molecule has 0 amide bonds. The molecule has 1 aromatic rings. The molecule has 66 valence electrons. The van der Waals surface area contributed by atoms with Crippen LogP contribution in [0.1, 0.15) is 31.9 Å². The van der Waals surface area contributed by atoms with E-state index in [2.05, 4.69) is 32.9 Å². The van der Waals surface area contributed by atoms with Crippen LogP contribution in [0.2, 0.25) is 5.02 Å². The minimum Gasteiger partial charge on any atom is -0.0837 e. The molecule has 1 aromatic carbocycles. The highest BCUT2D eigenvalue weighted by Gasteiger charge is 2.17. The number of rotatable bonds is 0. The molecule has 0 radical (unpaired) electrons. The maximum absolute atomic E-state index is 6.18. The van der Waals surface area contributed by atoms with Crippen LogP contribution in [-0.4, -0.2) is 0 Å². The summed E-state index contributed by atoms with van der Waals surface area (Å²) in [6.45, 7) is 8.56. The van der Waals surface area contributed by atoms with Gasteiger partial charge in [-0.1, -0.05) is 50.6 Å². The molecule has 0 fully saturated rings. The molecule has 0 N–H and O–H groups in total. The summed E-state index contributed by atoms with van der Waals surface area (Å²) in [5.74, 6) is 0. The lowest BCUT2D eigenvalue weighted by Crippen LogP contribution is -2.11. The van der Waals surface area contributed by atoms with Crippen molar-refractivity contribution in [2.24, 2.45) is 0 Å². The van der Waals surface area contributed by atoms with Crippen molar-refractivity contribution in [3.63, 3.8) is 0 Å². The molecule has 0 aromatic heterocycles. The molecule has 1 rings (SSSR count). The van der Waals surface area contributed by atoms with Gasteiger partial charge >= 0.3 is 0 Å². The van der Waals surface area contributed by atoms with E-state index in [0.717, 1.165) is 10.6 Å². The maximum atomic E-state index is 6.18. The van der Waals surface area contributed by atoms with Crippen molar-refractivity contribution in [1.82, 2.24) is 0 Å². The predicted octanol–water partition coefficient (Wildman–Crippen LogP) is 3.95. The number of hydrogen-bond donors (Lipinski definition) is 0. The molecule has 0 heterocycles. The van der Waals surface area contributed by atoms with Gasteiger partial charge in [0.05, 0.1) is 0 Å². The van der Waals surface area contributed by atoms with Crippen molar-refractivity contribution in [2.75, 3.05) is 0 Å². The van der Waals surface area contributed by atoms with Crippen LogP contribution in [0.4, 0.5) is 0 Å². The van der Waals surface area contributed by atoms with Gasteiger partial charge in [0.1, 0.15) is 0 Å². The maximum Gasteiger partial charge on any atom is 0.0472 e. The molecule has 0 nitrogen and oxygen atoms in total. The van der Waals surface area contributed by atoms with E-state index in [1.807, 2.05) is 13.0 Å². The van der Waals surface area contributed by atoms with E-state index in [-0.39, 0.29) is 5.41 Å². The molecule has 1 heteroatoms. The summed E-state index contributed by atoms with van der Waals surface area (Å²) in [4.78, 5) is 0. The van der Waals surface area contributed by atoms with Crippen LogP contribution in [0.15, 0.2) is 18.2 Å². The van der Waals surface area contributed by atoms with Crippen molar-refractivity contribution in [3.05, 3.63) is 34.3 Å². The molecule has 0 aliphatic rings. The summed E-state index contributed by atoms with van der Waals surface area (Å²) in [5.41, 5.74) is 2.52. The van der Waals surface area contributed by atoms with E-state index in [1.165, 1.54) is 5.56 Å². The first-order chi connectivity index (χ1) is 5.43. The van der Waals surface area contributed by atoms with Crippen LogP contribution < -0.4 is 0 Å². The topological polar surface area (TPSA) is 0 Å². The van der Waals surface area contributed by atoms with Crippen molar-refractivity contribution in [2.45, 2.75) is 33.1 Å². The van der Waals surface area contributed by atoms with E-state index >= 15 is 0 Å².